The Bertz CT molecular complexity index is 189. The van der Waals surface area contributed by atoms with E-state index in [4.69, 9.17) is 4.74 Å². The van der Waals surface area contributed by atoms with Crippen LogP contribution in [0.1, 0.15) is 27.7 Å². The van der Waals surface area contributed by atoms with Gasteiger partial charge in [-0.25, -0.2) is 0 Å². The molecular weight excluding hydrogens is 178 g/mol. The molecule has 84 valence electrons. The van der Waals surface area contributed by atoms with Crippen LogP contribution in [0.5, 0.6) is 0 Å². The molecule has 0 aromatic carbocycles. The first-order valence-corrected chi connectivity index (χ1v) is 5.00. The molecule has 0 aliphatic carbocycles. The summed E-state index contributed by atoms with van der Waals surface area (Å²) in [5, 5.41) is 0. The second-order valence-electron chi connectivity index (χ2n) is 4.87. The quantitative estimate of drug-likeness (QED) is 0.649. The van der Waals surface area contributed by atoms with E-state index in [9.17, 15) is 4.79 Å². The Morgan fingerprint density at radius 1 is 1.29 bits per heavy atom. The zero-order chi connectivity index (χ0) is 11.5. The predicted octanol–water partition coefficient (Wildman–Crippen LogP) is 1.77. The monoisotopic (exact) mass is 201 g/mol. The van der Waals surface area contributed by atoms with Gasteiger partial charge in [0.1, 0.15) is 0 Å². The Morgan fingerprint density at radius 3 is 1.93 bits per heavy atom. The fraction of sp³-hybridized carbons (Fsp3) is 0.909. The Kier molecular flexibility index (Phi) is 4.59. The van der Waals surface area contributed by atoms with Crippen LogP contribution in [0, 0.1) is 11.3 Å². The fourth-order valence-corrected chi connectivity index (χ4v) is 2.46. The average Bonchev–Trinajstić information content (AvgIpc) is 2.00. The van der Waals surface area contributed by atoms with Gasteiger partial charge in [0.2, 0.25) is 0 Å². The molecule has 3 heteroatoms. The Morgan fingerprint density at radius 2 is 1.71 bits per heavy atom. The van der Waals surface area contributed by atoms with Gasteiger partial charge in [0, 0.05) is 6.04 Å². The zero-order valence-corrected chi connectivity index (χ0v) is 10.4. The van der Waals surface area contributed by atoms with Crippen molar-refractivity contribution in [1.29, 1.82) is 0 Å². The molecule has 0 radical (unpaired) electrons. The molecule has 0 aromatic heterocycles. The van der Waals surface area contributed by atoms with Crippen LogP contribution in [-0.4, -0.2) is 38.1 Å². The van der Waals surface area contributed by atoms with Crippen molar-refractivity contribution in [3.8, 4) is 0 Å². The van der Waals surface area contributed by atoms with Crippen LogP contribution in [0.2, 0.25) is 0 Å². The number of carbonyl (C=O) groups excluding carboxylic acids is 1. The van der Waals surface area contributed by atoms with E-state index in [2.05, 4.69) is 18.7 Å². The van der Waals surface area contributed by atoms with E-state index in [-0.39, 0.29) is 12.0 Å². The van der Waals surface area contributed by atoms with Crippen LogP contribution in [0.25, 0.3) is 0 Å². The molecular formula is C11H23NO2. The minimum atomic E-state index is -0.466. The summed E-state index contributed by atoms with van der Waals surface area (Å²) in [6.45, 7) is 8.11. The summed E-state index contributed by atoms with van der Waals surface area (Å²) in [5.41, 5.74) is -0.466. The molecule has 0 fully saturated rings. The van der Waals surface area contributed by atoms with Gasteiger partial charge in [-0.3, -0.25) is 4.79 Å². The normalized spacial score (nSPS) is 14.6. The molecule has 1 unspecified atom stereocenters. The molecule has 0 heterocycles. The van der Waals surface area contributed by atoms with Crippen molar-refractivity contribution in [2.45, 2.75) is 33.7 Å². The lowest BCUT2D eigenvalue weighted by molar-refractivity contribution is -0.155. The number of methoxy groups -OCH3 is 1. The summed E-state index contributed by atoms with van der Waals surface area (Å²) in [6.07, 6.45) is 0. The fourth-order valence-electron chi connectivity index (χ4n) is 2.46. The minimum absolute atomic E-state index is 0.148. The van der Waals surface area contributed by atoms with Gasteiger partial charge in [-0.1, -0.05) is 13.8 Å². The maximum Gasteiger partial charge on any atom is 0.312 e. The lowest BCUT2D eigenvalue weighted by atomic mass is 9.78. The topological polar surface area (TPSA) is 29.5 Å². The van der Waals surface area contributed by atoms with Crippen LogP contribution >= 0.6 is 0 Å². The van der Waals surface area contributed by atoms with Gasteiger partial charge in [0.15, 0.2) is 0 Å². The lowest BCUT2D eigenvalue weighted by Crippen LogP contribution is -2.49. The summed E-state index contributed by atoms with van der Waals surface area (Å²) >= 11 is 0. The number of carbonyl (C=O) groups is 1. The standard InChI is InChI=1S/C11H23NO2/c1-8(2)9(12(5)6)11(3,4)10(13)14-7/h8-9H,1-7H3. The van der Waals surface area contributed by atoms with Crippen LogP contribution in [0.3, 0.4) is 0 Å². The molecule has 0 N–H and O–H groups in total. The van der Waals surface area contributed by atoms with E-state index in [1.807, 2.05) is 27.9 Å². The molecule has 3 nitrogen and oxygen atoms in total. The highest BCUT2D eigenvalue weighted by molar-refractivity contribution is 5.76. The van der Waals surface area contributed by atoms with Crippen LogP contribution in [0.15, 0.2) is 0 Å². The van der Waals surface area contributed by atoms with Gasteiger partial charge in [0.05, 0.1) is 12.5 Å². The number of hydrogen-bond donors (Lipinski definition) is 0. The van der Waals surface area contributed by atoms with Gasteiger partial charge >= 0.3 is 5.97 Å². The third kappa shape index (κ3) is 2.71. The van der Waals surface area contributed by atoms with Gasteiger partial charge in [-0.05, 0) is 33.9 Å². The molecule has 14 heavy (non-hydrogen) atoms. The van der Waals surface area contributed by atoms with E-state index < -0.39 is 5.41 Å². The Balaban J connectivity index is 4.89. The summed E-state index contributed by atoms with van der Waals surface area (Å²) in [6, 6.07) is 0.190. The summed E-state index contributed by atoms with van der Waals surface area (Å²) < 4.78 is 4.83. The van der Waals surface area contributed by atoms with Crippen LogP contribution in [-0.2, 0) is 9.53 Å². The number of nitrogens with zero attached hydrogens (tertiary/aromatic N) is 1. The highest BCUT2D eigenvalue weighted by Crippen LogP contribution is 2.30. The number of esters is 1. The van der Waals surface area contributed by atoms with E-state index in [1.54, 1.807) is 0 Å². The molecule has 0 spiro atoms. The molecule has 0 aliphatic rings. The van der Waals surface area contributed by atoms with Crippen molar-refractivity contribution < 1.29 is 9.53 Å². The van der Waals surface area contributed by atoms with Crippen LogP contribution in [0.4, 0.5) is 0 Å². The second kappa shape index (κ2) is 4.78. The molecule has 0 saturated heterocycles. The maximum atomic E-state index is 11.6. The number of rotatable bonds is 4. The van der Waals surface area contributed by atoms with Gasteiger partial charge in [0.25, 0.3) is 0 Å². The lowest BCUT2D eigenvalue weighted by Gasteiger charge is -2.39. The Labute approximate surface area is 87.4 Å². The molecule has 0 amide bonds. The number of ether oxygens (including phenoxy) is 1. The van der Waals surface area contributed by atoms with Gasteiger partial charge in [-0.2, -0.15) is 0 Å². The van der Waals surface area contributed by atoms with Gasteiger partial charge < -0.3 is 9.64 Å². The maximum absolute atomic E-state index is 11.6. The zero-order valence-electron chi connectivity index (χ0n) is 10.4. The van der Waals surface area contributed by atoms with Crippen molar-refractivity contribution >= 4 is 5.97 Å². The third-order valence-electron chi connectivity index (χ3n) is 2.64. The van der Waals surface area contributed by atoms with E-state index in [1.165, 1.54) is 7.11 Å². The van der Waals surface area contributed by atoms with Crippen LogP contribution < -0.4 is 0 Å². The highest BCUT2D eigenvalue weighted by Gasteiger charge is 2.40. The molecule has 0 aliphatic heterocycles. The molecule has 0 bridgehead atoms. The van der Waals surface area contributed by atoms with Gasteiger partial charge in [-0.15, -0.1) is 0 Å². The molecule has 0 aromatic rings. The Hall–Kier alpha value is -0.570. The van der Waals surface area contributed by atoms with Crippen molar-refractivity contribution in [1.82, 2.24) is 4.90 Å². The molecule has 0 saturated carbocycles. The van der Waals surface area contributed by atoms with Crippen molar-refractivity contribution in [3.63, 3.8) is 0 Å². The van der Waals surface area contributed by atoms with Crippen molar-refractivity contribution in [2.24, 2.45) is 11.3 Å². The first-order valence-electron chi connectivity index (χ1n) is 5.00. The third-order valence-corrected chi connectivity index (χ3v) is 2.64. The SMILES string of the molecule is COC(=O)C(C)(C)C(C(C)C)N(C)C. The average molecular weight is 201 g/mol. The first-order chi connectivity index (χ1) is 6.25. The van der Waals surface area contributed by atoms with E-state index in [0.717, 1.165) is 0 Å². The summed E-state index contributed by atoms with van der Waals surface area (Å²) in [7, 11) is 5.43. The molecule has 0 rings (SSSR count). The van der Waals surface area contributed by atoms with Crippen molar-refractivity contribution in [3.05, 3.63) is 0 Å². The van der Waals surface area contributed by atoms with E-state index >= 15 is 0 Å². The molecule has 1 atom stereocenters. The van der Waals surface area contributed by atoms with E-state index in [0.29, 0.717) is 5.92 Å². The second-order valence-corrected chi connectivity index (χ2v) is 4.87. The summed E-state index contributed by atoms with van der Waals surface area (Å²) in [5.74, 6) is 0.268. The smallest absolute Gasteiger partial charge is 0.312 e. The first kappa shape index (κ1) is 13.4. The van der Waals surface area contributed by atoms with Crippen molar-refractivity contribution in [2.75, 3.05) is 21.2 Å². The predicted molar refractivity (Wildman–Crippen MR) is 58.1 cm³/mol. The minimum Gasteiger partial charge on any atom is -0.469 e. The highest BCUT2D eigenvalue weighted by atomic mass is 16.5. The largest absolute Gasteiger partial charge is 0.469 e. The number of hydrogen-bond acceptors (Lipinski definition) is 3. The summed E-state index contributed by atoms with van der Waals surface area (Å²) in [4.78, 5) is 13.7.